The molecule has 1 atom stereocenters. The van der Waals surface area contributed by atoms with Crippen molar-refractivity contribution >= 4 is 11.6 Å². The summed E-state index contributed by atoms with van der Waals surface area (Å²) in [4.78, 5) is 12.2. The summed E-state index contributed by atoms with van der Waals surface area (Å²) in [5.41, 5.74) is 6.98. The maximum Gasteiger partial charge on any atom is 0.273 e. The Labute approximate surface area is 159 Å². The van der Waals surface area contributed by atoms with Gasteiger partial charge in [0.2, 0.25) is 0 Å². The molecule has 3 aromatic carbocycles. The normalized spacial score (nSPS) is 12.4. The number of carbonyl (C=O) groups excluding carboxylic acids is 1. The Balaban J connectivity index is 1.71. The number of nitrogens with one attached hydrogen (secondary N) is 1. The van der Waals surface area contributed by atoms with Crippen LogP contribution in [0.4, 0.5) is 0 Å². The first-order valence-corrected chi connectivity index (χ1v) is 8.94. The van der Waals surface area contributed by atoms with E-state index in [9.17, 15) is 9.90 Å². The molecule has 4 heteroatoms. The van der Waals surface area contributed by atoms with Gasteiger partial charge < -0.3 is 5.11 Å². The lowest BCUT2D eigenvalue weighted by Gasteiger charge is -2.10. The fraction of sp³-hybridized carbons (Fsp3) is 0.130. The van der Waals surface area contributed by atoms with Crippen molar-refractivity contribution in [2.75, 3.05) is 0 Å². The van der Waals surface area contributed by atoms with Gasteiger partial charge >= 0.3 is 0 Å². The molecule has 0 heterocycles. The standard InChI is InChI=1S/C23H22N2O2/c1-2-21(24-25-23(27)22(26)20-11-7-4-8-12-20)19-15-13-18(14-16-19)17-9-5-3-6-10-17/h3-16,22,26H,2H2,1H3,(H,25,27)/b24-21+. The predicted octanol–water partition coefficient (Wildman–Crippen LogP) is 4.32. The van der Waals surface area contributed by atoms with E-state index in [0.717, 1.165) is 22.4 Å². The molecule has 0 spiro atoms. The van der Waals surface area contributed by atoms with Gasteiger partial charge in [0.15, 0.2) is 6.10 Å². The molecule has 1 amide bonds. The van der Waals surface area contributed by atoms with Crippen molar-refractivity contribution < 1.29 is 9.90 Å². The lowest BCUT2D eigenvalue weighted by molar-refractivity contribution is -0.129. The van der Waals surface area contributed by atoms with Gasteiger partial charge in [-0.1, -0.05) is 91.9 Å². The summed E-state index contributed by atoms with van der Waals surface area (Å²) in [6.45, 7) is 1.98. The zero-order valence-electron chi connectivity index (χ0n) is 15.2. The molecule has 0 fully saturated rings. The molecule has 4 nitrogen and oxygen atoms in total. The van der Waals surface area contributed by atoms with Crippen molar-refractivity contribution in [1.82, 2.24) is 5.43 Å². The fourth-order valence-corrected chi connectivity index (χ4v) is 2.80. The molecule has 2 N–H and O–H groups in total. The first-order chi connectivity index (χ1) is 13.2. The third-order valence-electron chi connectivity index (χ3n) is 4.32. The quantitative estimate of drug-likeness (QED) is 0.509. The Bertz CT molecular complexity index is 904. The third-order valence-corrected chi connectivity index (χ3v) is 4.32. The number of hydrogen-bond acceptors (Lipinski definition) is 3. The lowest BCUT2D eigenvalue weighted by atomic mass is 10.0. The SMILES string of the molecule is CC/C(=N\NC(=O)C(O)c1ccccc1)c1ccc(-c2ccccc2)cc1. The molecule has 0 aliphatic rings. The zero-order chi connectivity index (χ0) is 19.1. The maximum absolute atomic E-state index is 12.2. The molecule has 1 unspecified atom stereocenters. The molecule has 0 saturated heterocycles. The van der Waals surface area contributed by atoms with Crippen molar-refractivity contribution in [1.29, 1.82) is 0 Å². The third kappa shape index (κ3) is 4.68. The Morgan fingerprint density at radius 2 is 1.44 bits per heavy atom. The summed E-state index contributed by atoms with van der Waals surface area (Å²) in [6, 6.07) is 27.0. The van der Waals surface area contributed by atoms with Gasteiger partial charge in [0.1, 0.15) is 0 Å². The molecular formula is C23H22N2O2. The van der Waals surface area contributed by atoms with Crippen molar-refractivity contribution in [2.45, 2.75) is 19.4 Å². The van der Waals surface area contributed by atoms with E-state index in [1.807, 2.05) is 55.5 Å². The van der Waals surface area contributed by atoms with Crippen LogP contribution in [0.15, 0.2) is 90.0 Å². The van der Waals surface area contributed by atoms with Gasteiger partial charge in [-0.05, 0) is 28.7 Å². The number of amides is 1. The van der Waals surface area contributed by atoms with Crippen molar-refractivity contribution in [2.24, 2.45) is 5.10 Å². The van der Waals surface area contributed by atoms with Gasteiger partial charge in [0.05, 0.1) is 5.71 Å². The molecule has 0 aliphatic heterocycles. The highest BCUT2D eigenvalue weighted by molar-refractivity contribution is 6.01. The fourth-order valence-electron chi connectivity index (χ4n) is 2.80. The number of aliphatic hydroxyl groups excluding tert-OH is 1. The maximum atomic E-state index is 12.2. The van der Waals surface area contributed by atoms with E-state index in [1.165, 1.54) is 0 Å². The van der Waals surface area contributed by atoms with E-state index in [1.54, 1.807) is 24.3 Å². The largest absolute Gasteiger partial charge is 0.378 e. The van der Waals surface area contributed by atoms with Crippen LogP contribution in [0.5, 0.6) is 0 Å². The van der Waals surface area contributed by atoms with Gasteiger partial charge in [-0.2, -0.15) is 5.10 Å². The van der Waals surface area contributed by atoms with Gasteiger partial charge in [0, 0.05) is 0 Å². The average Bonchev–Trinajstić information content (AvgIpc) is 2.75. The van der Waals surface area contributed by atoms with E-state index < -0.39 is 12.0 Å². The second-order valence-electron chi connectivity index (χ2n) is 6.14. The minimum atomic E-state index is -1.24. The van der Waals surface area contributed by atoms with Crippen LogP contribution in [0, 0.1) is 0 Å². The molecule has 0 saturated carbocycles. The summed E-state index contributed by atoms with van der Waals surface area (Å²) in [5, 5.41) is 14.3. The highest BCUT2D eigenvalue weighted by atomic mass is 16.3. The molecular weight excluding hydrogens is 336 g/mol. The summed E-state index contributed by atoms with van der Waals surface area (Å²) in [5.74, 6) is -0.548. The number of hydrazone groups is 1. The zero-order valence-corrected chi connectivity index (χ0v) is 15.2. The molecule has 3 rings (SSSR count). The Kier molecular flexibility index (Phi) is 6.13. The number of carbonyl (C=O) groups is 1. The number of nitrogens with zero attached hydrogens (tertiary/aromatic N) is 1. The van der Waals surface area contributed by atoms with Crippen LogP contribution in [-0.4, -0.2) is 16.7 Å². The first kappa shape index (κ1) is 18.5. The molecule has 0 aliphatic carbocycles. The van der Waals surface area contributed by atoms with Crippen molar-refractivity contribution in [3.63, 3.8) is 0 Å². The number of benzene rings is 3. The number of hydrogen-bond donors (Lipinski definition) is 2. The summed E-state index contributed by atoms with van der Waals surface area (Å²) >= 11 is 0. The number of aliphatic hydroxyl groups is 1. The van der Waals surface area contributed by atoms with Crippen LogP contribution in [0.25, 0.3) is 11.1 Å². The van der Waals surface area contributed by atoms with E-state index in [0.29, 0.717) is 12.0 Å². The highest BCUT2D eigenvalue weighted by Gasteiger charge is 2.16. The van der Waals surface area contributed by atoms with Gasteiger partial charge in [-0.15, -0.1) is 0 Å². The summed E-state index contributed by atoms with van der Waals surface area (Å²) < 4.78 is 0. The lowest BCUT2D eigenvalue weighted by Crippen LogP contribution is -2.26. The second-order valence-corrected chi connectivity index (χ2v) is 6.14. The summed E-state index contributed by atoms with van der Waals surface area (Å²) in [6.07, 6.45) is -0.583. The minimum Gasteiger partial charge on any atom is -0.378 e. The summed E-state index contributed by atoms with van der Waals surface area (Å²) in [7, 11) is 0. The van der Waals surface area contributed by atoms with Crippen LogP contribution < -0.4 is 5.43 Å². The first-order valence-electron chi connectivity index (χ1n) is 8.94. The van der Waals surface area contributed by atoms with E-state index in [4.69, 9.17) is 0 Å². The van der Waals surface area contributed by atoms with E-state index >= 15 is 0 Å². The van der Waals surface area contributed by atoms with Crippen LogP contribution in [0.2, 0.25) is 0 Å². The Hall–Kier alpha value is -3.24. The van der Waals surface area contributed by atoms with E-state index in [2.05, 4.69) is 22.7 Å². The predicted molar refractivity (Wildman–Crippen MR) is 108 cm³/mol. The second kappa shape index (κ2) is 8.92. The minimum absolute atomic E-state index is 0.537. The average molecular weight is 358 g/mol. The van der Waals surface area contributed by atoms with Gasteiger partial charge in [0.25, 0.3) is 5.91 Å². The van der Waals surface area contributed by atoms with Crippen molar-refractivity contribution in [3.05, 3.63) is 96.1 Å². The molecule has 136 valence electrons. The van der Waals surface area contributed by atoms with Crippen LogP contribution in [-0.2, 0) is 4.79 Å². The molecule has 27 heavy (non-hydrogen) atoms. The molecule has 3 aromatic rings. The topological polar surface area (TPSA) is 61.7 Å². The molecule has 0 radical (unpaired) electrons. The van der Waals surface area contributed by atoms with E-state index in [-0.39, 0.29) is 0 Å². The molecule has 0 aromatic heterocycles. The molecule has 0 bridgehead atoms. The van der Waals surface area contributed by atoms with Crippen LogP contribution in [0.3, 0.4) is 0 Å². The Morgan fingerprint density at radius 1 is 0.889 bits per heavy atom. The smallest absolute Gasteiger partial charge is 0.273 e. The number of rotatable bonds is 6. The van der Waals surface area contributed by atoms with Crippen LogP contribution >= 0.6 is 0 Å². The monoisotopic (exact) mass is 358 g/mol. The highest BCUT2D eigenvalue weighted by Crippen LogP contribution is 2.20. The van der Waals surface area contributed by atoms with Crippen molar-refractivity contribution in [3.8, 4) is 11.1 Å². The van der Waals surface area contributed by atoms with Gasteiger partial charge in [-0.25, -0.2) is 5.43 Å². The van der Waals surface area contributed by atoms with Crippen LogP contribution in [0.1, 0.15) is 30.6 Å². The Morgan fingerprint density at radius 3 is 2.04 bits per heavy atom. The van der Waals surface area contributed by atoms with Gasteiger partial charge in [-0.3, -0.25) is 4.79 Å².